The van der Waals surface area contributed by atoms with Crippen molar-refractivity contribution in [3.05, 3.63) is 11.6 Å². The van der Waals surface area contributed by atoms with E-state index in [0.717, 1.165) is 19.3 Å². The van der Waals surface area contributed by atoms with Crippen LogP contribution in [0.1, 0.15) is 32.6 Å². The van der Waals surface area contributed by atoms with Crippen LogP contribution in [0.3, 0.4) is 0 Å². The van der Waals surface area contributed by atoms with Gasteiger partial charge in [-0.05, 0) is 6.42 Å². The third-order valence-electron chi connectivity index (χ3n) is 1.44. The van der Waals surface area contributed by atoms with Gasteiger partial charge < -0.3 is 5.11 Å². The van der Waals surface area contributed by atoms with E-state index in [4.69, 9.17) is 16.7 Å². The molecule has 2 heteroatoms. The van der Waals surface area contributed by atoms with Gasteiger partial charge in [0.1, 0.15) is 0 Å². The van der Waals surface area contributed by atoms with Crippen LogP contribution in [0.25, 0.3) is 0 Å². The Bertz CT molecular complexity index is 101. The quantitative estimate of drug-likeness (QED) is 0.617. The highest BCUT2D eigenvalue weighted by Gasteiger charge is 2.04. The Hall–Kier alpha value is -0.0100. The maximum absolute atomic E-state index is 9.12. The van der Waals surface area contributed by atoms with Crippen LogP contribution >= 0.6 is 11.6 Å². The topological polar surface area (TPSA) is 20.2 Å². The molecule has 0 saturated heterocycles. The number of rotatable bonds is 5. The van der Waals surface area contributed by atoms with Crippen LogP contribution in [0.4, 0.5) is 0 Å². The number of aliphatic hydroxyl groups is 1. The molecule has 0 heterocycles. The summed E-state index contributed by atoms with van der Waals surface area (Å²) < 4.78 is 0. The molecule has 0 saturated carbocycles. The number of hydrogen-bond donors (Lipinski definition) is 1. The van der Waals surface area contributed by atoms with Gasteiger partial charge in [-0.25, -0.2) is 0 Å². The lowest BCUT2D eigenvalue weighted by Gasteiger charge is -2.06. The Kier molecular flexibility index (Phi) is 5.74. The Labute approximate surface area is 67.7 Å². The Balaban J connectivity index is 3.21. The van der Waals surface area contributed by atoms with E-state index in [1.54, 1.807) is 0 Å². The van der Waals surface area contributed by atoms with Gasteiger partial charge >= 0.3 is 0 Å². The highest BCUT2D eigenvalue weighted by Crippen LogP contribution is 2.12. The molecule has 0 aromatic heterocycles. The molecule has 1 atom stereocenters. The smallest absolute Gasteiger partial charge is 0.0889 e. The Morgan fingerprint density at radius 1 is 1.60 bits per heavy atom. The zero-order chi connectivity index (χ0) is 7.98. The minimum Gasteiger partial charge on any atom is -0.388 e. The zero-order valence-corrected chi connectivity index (χ0v) is 7.19. The number of unbranched alkanes of at least 4 members (excludes halogenated alkanes) is 2. The van der Waals surface area contributed by atoms with Gasteiger partial charge in [0.2, 0.25) is 0 Å². The summed E-state index contributed by atoms with van der Waals surface area (Å²) in [6.07, 6.45) is 3.59. The average Bonchev–Trinajstić information content (AvgIpc) is 1.88. The van der Waals surface area contributed by atoms with E-state index in [1.165, 1.54) is 6.42 Å². The minimum atomic E-state index is -0.506. The standard InChI is InChI=1S/C8H15ClO/c1-3-4-5-6-8(10)7(2)9/h8,10H,2-6H2,1H3. The molecule has 0 aliphatic carbocycles. The molecular formula is C8H15ClO. The lowest BCUT2D eigenvalue weighted by atomic mass is 10.1. The molecule has 1 nitrogen and oxygen atoms in total. The van der Waals surface area contributed by atoms with E-state index in [-0.39, 0.29) is 0 Å². The number of aliphatic hydroxyl groups excluding tert-OH is 1. The molecule has 10 heavy (non-hydrogen) atoms. The van der Waals surface area contributed by atoms with Crippen LogP contribution in [-0.2, 0) is 0 Å². The highest BCUT2D eigenvalue weighted by molar-refractivity contribution is 6.29. The lowest BCUT2D eigenvalue weighted by Crippen LogP contribution is -2.04. The summed E-state index contributed by atoms with van der Waals surface area (Å²) in [5.41, 5.74) is 0. The van der Waals surface area contributed by atoms with Gasteiger partial charge in [0.05, 0.1) is 6.10 Å². The highest BCUT2D eigenvalue weighted by atomic mass is 35.5. The van der Waals surface area contributed by atoms with E-state index >= 15 is 0 Å². The maximum Gasteiger partial charge on any atom is 0.0889 e. The van der Waals surface area contributed by atoms with Crippen LogP contribution in [0, 0.1) is 0 Å². The first-order valence-electron chi connectivity index (χ1n) is 3.70. The molecule has 0 spiro atoms. The molecular weight excluding hydrogens is 148 g/mol. The first kappa shape index (κ1) is 9.99. The predicted octanol–water partition coefficient (Wildman–Crippen LogP) is 2.68. The Morgan fingerprint density at radius 2 is 2.20 bits per heavy atom. The molecule has 1 unspecified atom stereocenters. The van der Waals surface area contributed by atoms with Crippen molar-refractivity contribution in [3.8, 4) is 0 Å². The fourth-order valence-corrected chi connectivity index (χ4v) is 0.853. The molecule has 0 fully saturated rings. The molecule has 0 rings (SSSR count). The molecule has 0 aliphatic rings. The van der Waals surface area contributed by atoms with Gasteiger partial charge in [-0.1, -0.05) is 44.4 Å². The van der Waals surface area contributed by atoms with Gasteiger partial charge in [0.15, 0.2) is 0 Å². The third kappa shape index (κ3) is 4.83. The van der Waals surface area contributed by atoms with Crippen LogP contribution in [0.15, 0.2) is 11.6 Å². The molecule has 1 N–H and O–H groups in total. The lowest BCUT2D eigenvalue weighted by molar-refractivity contribution is 0.204. The summed E-state index contributed by atoms with van der Waals surface area (Å²) in [5, 5.41) is 9.48. The summed E-state index contributed by atoms with van der Waals surface area (Å²) in [6, 6.07) is 0. The summed E-state index contributed by atoms with van der Waals surface area (Å²) in [6.45, 7) is 5.58. The van der Waals surface area contributed by atoms with E-state index in [0.29, 0.717) is 5.03 Å². The third-order valence-corrected chi connectivity index (χ3v) is 1.69. The summed E-state index contributed by atoms with van der Waals surface area (Å²) in [5.74, 6) is 0. The van der Waals surface area contributed by atoms with Crippen LogP contribution in [-0.4, -0.2) is 11.2 Å². The van der Waals surface area contributed by atoms with E-state index < -0.39 is 6.10 Å². The van der Waals surface area contributed by atoms with Crippen LogP contribution in [0.2, 0.25) is 0 Å². The van der Waals surface area contributed by atoms with Crippen molar-refractivity contribution in [1.82, 2.24) is 0 Å². The van der Waals surface area contributed by atoms with Gasteiger partial charge in [-0.3, -0.25) is 0 Å². The fraction of sp³-hybridized carbons (Fsp3) is 0.750. The van der Waals surface area contributed by atoms with E-state index in [1.807, 2.05) is 0 Å². The van der Waals surface area contributed by atoms with Crippen LogP contribution < -0.4 is 0 Å². The number of hydrogen-bond acceptors (Lipinski definition) is 1. The van der Waals surface area contributed by atoms with Crippen molar-refractivity contribution in [2.45, 2.75) is 38.7 Å². The molecule has 0 aromatic rings. The van der Waals surface area contributed by atoms with Crippen molar-refractivity contribution in [2.24, 2.45) is 0 Å². The van der Waals surface area contributed by atoms with Crippen LogP contribution in [0.5, 0.6) is 0 Å². The average molecular weight is 163 g/mol. The summed E-state index contributed by atoms with van der Waals surface area (Å²) >= 11 is 5.46. The molecule has 60 valence electrons. The second kappa shape index (κ2) is 5.75. The number of halogens is 1. The summed E-state index contributed by atoms with van der Waals surface area (Å²) in [7, 11) is 0. The van der Waals surface area contributed by atoms with Crippen molar-refractivity contribution >= 4 is 11.6 Å². The van der Waals surface area contributed by atoms with Gasteiger partial charge in [-0.15, -0.1) is 0 Å². The summed E-state index contributed by atoms with van der Waals surface area (Å²) in [4.78, 5) is 0. The second-order valence-corrected chi connectivity index (χ2v) is 2.94. The fourth-order valence-electron chi connectivity index (χ4n) is 0.744. The van der Waals surface area contributed by atoms with Gasteiger partial charge in [-0.2, -0.15) is 0 Å². The van der Waals surface area contributed by atoms with Crippen molar-refractivity contribution < 1.29 is 5.11 Å². The zero-order valence-electron chi connectivity index (χ0n) is 6.44. The van der Waals surface area contributed by atoms with Gasteiger partial charge in [0.25, 0.3) is 0 Å². The first-order valence-corrected chi connectivity index (χ1v) is 4.08. The van der Waals surface area contributed by atoms with Crippen molar-refractivity contribution in [3.63, 3.8) is 0 Å². The molecule has 0 amide bonds. The monoisotopic (exact) mass is 162 g/mol. The van der Waals surface area contributed by atoms with E-state index in [2.05, 4.69) is 13.5 Å². The second-order valence-electron chi connectivity index (χ2n) is 2.46. The van der Waals surface area contributed by atoms with Crippen molar-refractivity contribution in [2.75, 3.05) is 0 Å². The van der Waals surface area contributed by atoms with Gasteiger partial charge in [0, 0.05) is 5.03 Å². The Morgan fingerprint density at radius 3 is 2.60 bits per heavy atom. The molecule has 0 aliphatic heterocycles. The predicted molar refractivity (Wildman–Crippen MR) is 45.1 cm³/mol. The minimum absolute atomic E-state index is 0.358. The SMILES string of the molecule is C=C(Cl)C(O)CCCCC. The molecule has 0 aromatic carbocycles. The van der Waals surface area contributed by atoms with Crippen molar-refractivity contribution in [1.29, 1.82) is 0 Å². The van der Waals surface area contributed by atoms with E-state index in [9.17, 15) is 0 Å². The maximum atomic E-state index is 9.12. The largest absolute Gasteiger partial charge is 0.388 e. The first-order chi connectivity index (χ1) is 4.68. The molecule has 0 bridgehead atoms. The molecule has 0 radical (unpaired) electrons. The normalized spacial score (nSPS) is 13.1.